The van der Waals surface area contributed by atoms with Crippen LogP contribution in [0.5, 0.6) is 0 Å². The van der Waals surface area contributed by atoms with Crippen LogP contribution in [0, 0.1) is 0 Å². The monoisotopic (exact) mass is 597 g/mol. The first kappa shape index (κ1) is 43.3. The first-order valence-corrected chi connectivity index (χ1v) is 22.9. The highest BCUT2D eigenvalue weighted by atomic mass is 31.2. The molecule has 0 atom stereocenters. The van der Waals surface area contributed by atoms with E-state index >= 15 is 0 Å². The molecule has 0 saturated carbocycles. The second kappa shape index (κ2) is 32.4. The Bertz CT molecular complexity index is 360. The van der Waals surface area contributed by atoms with Gasteiger partial charge in [-0.05, 0) is 51.4 Å². The van der Waals surface area contributed by atoms with Crippen LogP contribution in [0.2, 0.25) is 0 Å². The third-order valence-corrected chi connectivity index (χ3v) is 18.0. The van der Waals surface area contributed by atoms with E-state index in [2.05, 4.69) is 55.4 Å². The molecule has 0 aromatic heterocycles. The van der Waals surface area contributed by atoms with Gasteiger partial charge in [0.05, 0.1) is 49.3 Å². The Morgan fingerprint density at radius 2 is 0.474 bits per heavy atom. The Balaban J connectivity index is -0.000000564. The number of hydrogen-bond donors (Lipinski definition) is 0. The van der Waals surface area contributed by atoms with Crippen molar-refractivity contribution in [1.29, 1.82) is 0 Å². The van der Waals surface area contributed by atoms with Crippen molar-refractivity contribution in [2.24, 2.45) is 0 Å². The Labute approximate surface area is 244 Å². The van der Waals surface area contributed by atoms with E-state index in [4.69, 9.17) is 14.4 Å². The van der Waals surface area contributed by atoms with E-state index < -0.39 is 22.8 Å². The molecule has 232 valence electrons. The largest absolute Gasteiger partial charge is 0.598 e. The summed E-state index contributed by atoms with van der Waals surface area (Å²) in [5.41, 5.74) is 0. The lowest BCUT2D eigenvalue weighted by Gasteiger charge is -2.28. The van der Waals surface area contributed by atoms with Crippen LogP contribution in [0.15, 0.2) is 0 Å². The molecule has 0 amide bonds. The molecule has 0 saturated heterocycles. The van der Waals surface area contributed by atoms with Crippen molar-refractivity contribution >= 4 is 22.8 Å². The Kier molecular flexibility index (Phi) is 36.9. The summed E-state index contributed by atoms with van der Waals surface area (Å²) in [5, 5.41) is 0. The van der Waals surface area contributed by atoms with E-state index in [0.29, 0.717) is 0 Å². The van der Waals surface area contributed by atoms with Crippen molar-refractivity contribution in [3.63, 3.8) is 0 Å². The van der Waals surface area contributed by atoms with Gasteiger partial charge in [-0.2, -0.15) is 0 Å². The molecule has 0 N–H and O–H groups in total. The molecule has 0 heterocycles. The van der Waals surface area contributed by atoms with Gasteiger partial charge in [0.25, 0.3) is 8.25 Å². The van der Waals surface area contributed by atoms with Crippen LogP contribution < -0.4 is 9.79 Å². The normalized spacial score (nSPS) is 11.4. The Hall–Kier alpha value is 0.880. The van der Waals surface area contributed by atoms with Gasteiger partial charge in [-0.15, -0.1) is 0 Å². The van der Waals surface area contributed by atoms with Gasteiger partial charge in [-0.3, -0.25) is 0 Å². The molecule has 0 aliphatic heterocycles. The topological polar surface area (TPSA) is 63.2 Å². The van der Waals surface area contributed by atoms with Gasteiger partial charge in [-0.25, -0.2) is 0 Å². The number of hydrogen-bond acceptors (Lipinski definition) is 3. The molecular weight excluding hydrogens is 525 g/mol. The lowest BCUT2D eigenvalue weighted by Crippen LogP contribution is -2.12. The van der Waals surface area contributed by atoms with E-state index in [1.165, 1.54) is 103 Å². The molecule has 0 fully saturated rings. The molecule has 0 radical (unpaired) electrons. The summed E-state index contributed by atoms with van der Waals surface area (Å²) >= 11 is 0. The molecule has 0 bridgehead atoms. The molecule has 0 aliphatic rings. The summed E-state index contributed by atoms with van der Waals surface area (Å²) in [7, 11) is -4.49. The zero-order valence-electron chi connectivity index (χ0n) is 27.5. The van der Waals surface area contributed by atoms with Crippen LogP contribution in [0.25, 0.3) is 0 Å². The SMILES string of the molecule is CCCC[P+](CCCC)(CCCC)CCCC.CCCC[P+](CCCC)(CCCC)CCCC.O=[P+]([O-])[O-]. The summed E-state index contributed by atoms with van der Waals surface area (Å²) in [4.78, 5) is 17.0. The van der Waals surface area contributed by atoms with E-state index in [1.807, 2.05) is 0 Å². The van der Waals surface area contributed by atoms with Crippen LogP contribution >= 0.6 is 22.8 Å². The van der Waals surface area contributed by atoms with E-state index in [1.54, 1.807) is 49.3 Å². The maximum Gasteiger partial charge on any atom is 0.276 e. The average Bonchev–Trinajstić information content (AvgIpc) is 2.91. The average molecular weight is 598 g/mol. The standard InChI is InChI=1S/2C16H36P.HO3P/c2*1-5-9-13-17(14-10-6-2,15-11-7-3)16-12-8-4;1-4(2)3/h2*5-16H2,1-4H3;(H,1,2,3)/q2*+1;/p-1. The van der Waals surface area contributed by atoms with Crippen LogP contribution in [0.4, 0.5) is 0 Å². The predicted molar refractivity (Wildman–Crippen MR) is 180 cm³/mol. The molecule has 0 unspecified atom stereocenters. The molecule has 0 spiro atoms. The first-order valence-electron chi connectivity index (χ1n) is 16.7. The molecule has 0 aromatic carbocycles. The minimum Gasteiger partial charge on any atom is -0.598 e. The Morgan fingerprint density at radius 1 is 0.368 bits per heavy atom. The van der Waals surface area contributed by atoms with Crippen molar-refractivity contribution < 1.29 is 14.4 Å². The van der Waals surface area contributed by atoms with E-state index in [-0.39, 0.29) is 0 Å². The fraction of sp³-hybridized carbons (Fsp3) is 1.00. The van der Waals surface area contributed by atoms with Crippen molar-refractivity contribution in [3.8, 4) is 0 Å². The molecule has 38 heavy (non-hydrogen) atoms. The Morgan fingerprint density at radius 3 is 0.553 bits per heavy atom. The molecule has 3 nitrogen and oxygen atoms in total. The third-order valence-electron chi connectivity index (χ3n) is 7.89. The van der Waals surface area contributed by atoms with Gasteiger partial charge in [-0.1, -0.05) is 111 Å². The zero-order chi connectivity index (χ0) is 29.5. The summed E-state index contributed by atoms with van der Waals surface area (Å²) < 4.78 is 8.48. The van der Waals surface area contributed by atoms with Crippen molar-refractivity contribution in [2.45, 2.75) is 158 Å². The minimum atomic E-state index is -3.37. The molecule has 6 heteroatoms. The smallest absolute Gasteiger partial charge is 0.276 e. The fourth-order valence-corrected chi connectivity index (χ4v) is 15.9. The van der Waals surface area contributed by atoms with Gasteiger partial charge in [0.15, 0.2) is 0 Å². The highest BCUT2D eigenvalue weighted by Crippen LogP contribution is 2.62. The van der Waals surface area contributed by atoms with Crippen molar-refractivity contribution in [3.05, 3.63) is 0 Å². The van der Waals surface area contributed by atoms with Gasteiger partial charge in [0.1, 0.15) is 0 Å². The lowest BCUT2D eigenvalue weighted by atomic mass is 10.4. The second-order valence-electron chi connectivity index (χ2n) is 11.5. The summed E-state index contributed by atoms with van der Waals surface area (Å²) in [6, 6.07) is 0. The third kappa shape index (κ3) is 28.4. The second-order valence-corrected chi connectivity index (χ2v) is 20.9. The lowest BCUT2D eigenvalue weighted by molar-refractivity contribution is -0.297. The van der Waals surface area contributed by atoms with E-state index in [9.17, 15) is 0 Å². The minimum absolute atomic E-state index is 0.562. The van der Waals surface area contributed by atoms with Crippen molar-refractivity contribution in [2.75, 3.05) is 49.3 Å². The molecule has 0 aromatic rings. The highest BCUT2D eigenvalue weighted by Gasteiger charge is 2.35. The van der Waals surface area contributed by atoms with Gasteiger partial charge in [0.2, 0.25) is 0 Å². The molecule has 0 aliphatic carbocycles. The maximum absolute atomic E-state index is 8.48. The summed E-state index contributed by atoms with van der Waals surface area (Å²) in [5.74, 6) is 0. The maximum atomic E-state index is 8.48. The van der Waals surface area contributed by atoms with Crippen molar-refractivity contribution in [1.82, 2.24) is 0 Å². The van der Waals surface area contributed by atoms with Gasteiger partial charge < -0.3 is 9.79 Å². The van der Waals surface area contributed by atoms with Gasteiger partial charge >= 0.3 is 0 Å². The fourth-order valence-electron chi connectivity index (χ4n) is 5.29. The highest BCUT2D eigenvalue weighted by molar-refractivity contribution is 7.76. The zero-order valence-corrected chi connectivity index (χ0v) is 30.2. The van der Waals surface area contributed by atoms with Crippen LogP contribution in [0.3, 0.4) is 0 Å². The first-order chi connectivity index (χ1) is 18.2. The number of unbranched alkanes of at least 4 members (excludes halogenated alkanes) is 8. The quantitative estimate of drug-likeness (QED) is 0.104. The number of rotatable bonds is 24. The predicted octanol–water partition coefficient (Wildman–Crippen LogP) is 10.8. The van der Waals surface area contributed by atoms with Gasteiger partial charge in [0, 0.05) is 14.5 Å². The molecule has 0 rings (SSSR count). The van der Waals surface area contributed by atoms with Crippen LogP contribution in [0.1, 0.15) is 158 Å². The summed E-state index contributed by atoms with van der Waals surface area (Å²) in [6.45, 7) is 18.8. The van der Waals surface area contributed by atoms with Crippen LogP contribution in [-0.4, -0.2) is 49.3 Å². The molecular formula is C32H72O3P3+. The van der Waals surface area contributed by atoms with Crippen LogP contribution in [-0.2, 0) is 4.57 Å². The van der Waals surface area contributed by atoms with E-state index in [0.717, 1.165) is 0 Å². The summed E-state index contributed by atoms with van der Waals surface area (Å²) in [6.07, 6.45) is 35.9.